The van der Waals surface area contributed by atoms with E-state index in [9.17, 15) is 14.0 Å². The van der Waals surface area contributed by atoms with E-state index in [1.807, 2.05) is 18.2 Å². The van der Waals surface area contributed by atoms with Gasteiger partial charge in [0.05, 0.1) is 18.5 Å². The molecule has 2 aromatic heterocycles. The Morgan fingerprint density at radius 1 is 1.24 bits per heavy atom. The molecule has 1 aliphatic rings. The lowest BCUT2D eigenvalue weighted by Crippen LogP contribution is -2.43. The molecule has 0 bridgehead atoms. The molecule has 1 atom stereocenters. The highest BCUT2D eigenvalue weighted by Crippen LogP contribution is 2.30. The van der Waals surface area contributed by atoms with E-state index < -0.39 is 17.3 Å². The summed E-state index contributed by atoms with van der Waals surface area (Å²) in [5.41, 5.74) is 7.66. The number of ether oxygens (including phenoxy) is 1. The van der Waals surface area contributed by atoms with Crippen LogP contribution >= 0.6 is 24.0 Å². The maximum absolute atomic E-state index is 14.2. The number of aromatic nitrogens is 3. The zero-order chi connectivity index (χ0) is 26.1. The molecule has 0 spiro atoms. The molecule has 11 heteroatoms. The summed E-state index contributed by atoms with van der Waals surface area (Å²) in [7, 11) is 0. The highest BCUT2D eigenvalue weighted by atomic mass is 35.5. The van der Waals surface area contributed by atoms with Gasteiger partial charge in [-0.1, -0.05) is 35.9 Å². The lowest BCUT2D eigenvalue weighted by Gasteiger charge is -2.31. The highest BCUT2D eigenvalue weighted by Gasteiger charge is 2.28. The van der Waals surface area contributed by atoms with Crippen LogP contribution in [-0.2, 0) is 11.2 Å². The third-order valence-electron chi connectivity index (χ3n) is 6.51. The van der Waals surface area contributed by atoms with E-state index in [2.05, 4.69) is 4.90 Å². The minimum atomic E-state index is -0.713. The van der Waals surface area contributed by atoms with Crippen molar-refractivity contribution in [3.8, 4) is 5.69 Å². The molecule has 1 fully saturated rings. The number of hydrogen-bond acceptors (Lipinski definition) is 6. The topological polar surface area (TPSA) is 94.9 Å². The fourth-order valence-corrected chi connectivity index (χ4v) is 5.04. The number of nitrogens with zero attached hydrogens (tertiary/aromatic N) is 4. The number of hydrogen-bond donors (Lipinski definition) is 1. The summed E-state index contributed by atoms with van der Waals surface area (Å²) in [6.45, 7) is 3.11. The van der Waals surface area contributed by atoms with Crippen molar-refractivity contribution in [1.82, 2.24) is 14.2 Å². The first kappa shape index (κ1) is 27.6. The molecule has 2 N–H and O–H groups in total. The predicted molar refractivity (Wildman–Crippen MR) is 148 cm³/mol. The molecule has 0 saturated carbocycles. The van der Waals surface area contributed by atoms with E-state index in [0.29, 0.717) is 29.4 Å². The molecule has 0 radical (unpaired) electrons. The Hall–Kier alpha value is -3.40. The lowest BCUT2D eigenvalue weighted by molar-refractivity contribution is 0.0514. The van der Waals surface area contributed by atoms with Crippen molar-refractivity contribution in [2.45, 2.75) is 32.2 Å². The summed E-state index contributed by atoms with van der Waals surface area (Å²) in [6, 6.07) is 12.9. The minimum absolute atomic E-state index is 0. The molecule has 38 heavy (non-hydrogen) atoms. The molecule has 0 aliphatic carbocycles. The first-order chi connectivity index (χ1) is 17.9. The Labute approximate surface area is 230 Å². The number of carbonyl (C=O) groups is 1. The third-order valence-corrected chi connectivity index (χ3v) is 6.88. The molecular formula is C27H28Cl2FN5O3. The van der Waals surface area contributed by atoms with Gasteiger partial charge in [0.1, 0.15) is 11.3 Å². The first-order valence-electron chi connectivity index (χ1n) is 12.2. The van der Waals surface area contributed by atoms with Crippen molar-refractivity contribution < 1.29 is 13.9 Å². The van der Waals surface area contributed by atoms with Gasteiger partial charge in [-0.15, -0.1) is 17.5 Å². The monoisotopic (exact) mass is 559 g/mol. The van der Waals surface area contributed by atoms with Crippen LogP contribution in [0.3, 0.4) is 0 Å². The normalized spacial score (nSPS) is 15.4. The Bertz CT molecular complexity index is 1540. The molecule has 1 aliphatic heterocycles. The van der Waals surface area contributed by atoms with Gasteiger partial charge in [-0.3, -0.25) is 9.36 Å². The number of anilines is 1. The summed E-state index contributed by atoms with van der Waals surface area (Å²) in [4.78, 5) is 29.1. The number of nitrogens with two attached hydrogens (primary N) is 1. The van der Waals surface area contributed by atoms with Crippen molar-refractivity contribution >= 4 is 41.3 Å². The summed E-state index contributed by atoms with van der Waals surface area (Å²) in [5.74, 6) is -0.638. The minimum Gasteiger partial charge on any atom is -0.461 e. The summed E-state index contributed by atoms with van der Waals surface area (Å²) < 4.78 is 22.0. The van der Waals surface area contributed by atoms with Crippen LogP contribution in [-0.4, -0.2) is 45.9 Å². The molecule has 0 amide bonds. The molecular weight excluding hydrogens is 532 g/mol. The van der Waals surface area contributed by atoms with Crippen LogP contribution in [0.4, 0.5) is 10.2 Å². The van der Waals surface area contributed by atoms with Crippen molar-refractivity contribution in [1.29, 1.82) is 0 Å². The summed E-state index contributed by atoms with van der Waals surface area (Å²) >= 11 is 6.49. The smallest absolute Gasteiger partial charge is 0.357 e. The SMILES string of the molecule is CCOC(=O)c1cn2nc(N3CCC[C@@H](N)C3)c(Cc3ccccc3Cl)c2c(=O)n1-c1cccc(F)c1.Cl. The Morgan fingerprint density at radius 3 is 2.74 bits per heavy atom. The van der Waals surface area contributed by atoms with E-state index in [1.165, 1.54) is 33.5 Å². The maximum Gasteiger partial charge on any atom is 0.357 e. The molecule has 0 unspecified atom stereocenters. The van der Waals surface area contributed by atoms with Gasteiger partial charge in [0.15, 0.2) is 11.5 Å². The summed E-state index contributed by atoms with van der Waals surface area (Å²) in [5, 5.41) is 5.33. The number of fused-ring (bicyclic) bond motifs is 1. The van der Waals surface area contributed by atoms with Gasteiger partial charge >= 0.3 is 5.97 Å². The van der Waals surface area contributed by atoms with Gasteiger partial charge in [0.25, 0.3) is 5.56 Å². The molecule has 1 saturated heterocycles. The Kier molecular flexibility index (Phi) is 8.40. The number of halogens is 3. The van der Waals surface area contributed by atoms with Crippen LogP contribution in [0.25, 0.3) is 11.2 Å². The number of piperidine rings is 1. The predicted octanol–water partition coefficient (Wildman–Crippen LogP) is 4.39. The average molecular weight is 560 g/mol. The van der Waals surface area contributed by atoms with Gasteiger partial charge in [0, 0.05) is 36.1 Å². The zero-order valence-corrected chi connectivity index (χ0v) is 22.3. The molecule has 8 nitrogen and oxygen atoms in total. The number of esters is 1. The van der Waals surface area contributed by atoms with Gasteiger partial charge in [-0.05, 0) is 49.6 Å². The third kappa shape index (κ3) is 5.27. The van der Waals surface area contributed by atoms with Crippen LogP contribution < -0.4 is 16.2 Å². The van der Waals surface area contributed by atoms with E-state index in [4.69, 9.17) is 27.2 Å². The van der Waals surface area contributed by atoms with Gasteiger partial charge in [0.2, 0.25) is 0 Å². The second-order valence-electron chi connectivity index (χ2n) is 9.07. The van der Waals surface area contributed by atoms with E-state index in [1.54, 1.807) is 19.1 Å². The largest absolute Gasteiger partial charge is 0.461 e. The van der Waals surface area contributed by atoms with Crippen LogP contribution in [0.15, 0.2) is 59.5 Å². The van der Waals surface area contributed by atoms with Gasteiger partial charge in [-0.25, -0.2) is 13.7 Å². The quantitative estimate of drug-likeness (QED) is 0.352. The van der Waals surface area contributed by atoms with E-state index in [0.717, 1.165) is 24.9 Å². The van der Waals surface area contributed by atoms with E-state index >= 15 is 0 Å². The fraction of sp³-hybridized carbons (Fsp3) is 0.296. The van der Waals surface area contributed by atoms with Gasteiger partial charge in [-0.2, -0.15) is 0 Å². The van der Waals surface area contributed by atoms with Crippen molar-refractivity contribution in [3.63, 3.8) is 0 Å². The van der Waals surface area contributed by atoms with Crippen molar-refractivity contribution in [3.05, 3.63) is 92.7 Å². The standard InChI is InChI=1S/C27H27ClFN5O3.ClH/c1-2-37-27(36)23-16-33-24(26(35)34(23)20-10-5-8-18(29)14-20)21(13-17-7-3-4-11-22(17)28)25(31-33)32-12-6-9-19(30)15-32;/h3-5,7-8,10-11,14,16,19H,2,6,9,12-13,15,30H2,1H3;1H/t19-;/m1./s1. The lowest BCUT2D eigenvalue weighted by atomic mass is 10.0. The zero-order valence-electron chi connectivity index (χ0n) is 20.8. The second kappa shape index (κ2) is 11.6. The van der Waals surface area contributed by atoms with Crippen LogP contribution in [0.5, 0.6) is 0 Å². The number of benzene rings is 2. The Morgan fingerprint density at radius 2 is 2.03 bits per heavy atom. The van der Waals surface area contributed by atoms with E-state index in [-0.39, 0.29) is 42.0 Å². The Balaban J connectivity index is 0.00000336. The number of rotatable bonds is 6. The van der Waals surface area contributed by atoms with Crippen molar-refractivity contribution in [2.75, 3.05) is 24.6 Å². The van der Waals surface area contributed by atoms with Crippen LogP contribution in [0.1, 0.15) is 41.4 Å². The summed E-state index contributed by atoms with van der Waals surface area (Å²) in [6.07, 6.45) is 3.59. The highest BCUT2D eigenvalue weighted by molar-refractivity contribution is 6.31. The van der Waals surface area contributed by atoms with Gasteiger partial charge < -0.3 is 15.4 Å². The molecule has 2 aromatic carbocycles. The average Bonchev–Trinajstić information content (AvgIpc) is 3.24. The van der Waals surface area contributed by atoms with Crippen molar-refractivity contribution in [2.24, 2.45) is 5.73 Å². The molecule has 5 rings (SSSR count). The molecule has 200 valence electrons. The fourth-order valence-electron chi connectivity index (χ4n) is 4.84. The second-order valence-corrected chi connectivity index (χ2v) is 9.47. The molecule has 4 aromatic rings. The molecule has 3 heterocycles. The van der Waals surface area contributed by atoms with Crippen LogP contribution in [0.2, 0.25) is 5.02 Å². The first-order valence-corrected chi connectivity index (χ1v) is 12.6. The maximum atomic E-state index is 14.2. The van der Waals surface area contributed by atoms with Crippen LogP contribution in [0, 0.1) is 5.82 Å². The number of carbonyl (C=O) groups excluding carboxylic acids is 1.